The van der Waals surface area contributed by atoms with Crippen LogP contribution in [0.3, 0.4) is 0 Å². The largest absolute Gasteiger partial charge is 0.389 e. The predicted molar refractivity (Wildman–Crippen MR) is 86.7 cm³/mol. The highest BCUT2D eigenvalue weighted by atomic mass is 79.9. The van der Waals surface area contributed by atoms with Crippen molar-refractivity contribution in [2.45, 2.75) is 18.6 Å². The molecule has 0 heterocycles. The molecular formula is C12H17BrN2OS2. The van der Waals surface area contributed by atoms with Gasteiger partial charge in [-0.2, -0.15) is 0 Å². The summed E-state index contributed by atoms with van der Waals surface area (Å²) in [5, 5.41) is 3.47. The van der Waals surface area contributed by atoms with Crippen LogP contribution in [-0.4, -0.2) is 27.2 Å². The van der Waals surface area contributed by atoms with E-state index in [9.17, 15) is 4.21 Å². The van der Waals surface area contributed by atoms with Gasteiger partial charge in [0.15, 0.2) is 0 Å². The zero-order valence-electron chi connectivity index (χ0n) is 10.4. The monoisotopic (exact) mass is 348 g/mol. The Hall–Kier alpha value is -0.460. The molecule has 0 saturated carbocycles. The summed E-state index contributed by atoms with van der Waals surface area (Å²) < 4.78 is 12.1. The van der Waals surface area contributed by atoms with Gasteiger partial charge in [-0.15, -0.1) is 0 Å². The Kier molecular flexibility index (Phi) is 6.25. The number of anilines is 1. The quantitative estimate of drug-likeness (QED) is 0.776. The van der Waals surface area contributed by atoms with Crippen LogP contribution in [-0.2, 0) is 10.8 Å². The Labute approximate surface area is 124 Å². The van der Waals surface area contributed by atoms with Crippen molar-refractivity contribution in [1.29, 1.82) is 0 Å². The molecule has 1 rings (SSSR count). The molecule has 0 bridgehead atoms. The third-order valence-corrected chi connectivity index (χ3v) is 4.93. The van der Waals surface area contributed by atoms with Gasteiger partial charge in [-0.05, 0) is 34.5 Å². The van der Waals surface area contributed by atoms with Crippen molar-refractivity contribution < 1.29 is 4.21 Å². The summed E-state index contributed by atoms with van der Waals surface area (Å²) in [4.78, 5) is 0.358. The van der Waals surface area contributed by atoms with Crippen molar-refractivity contribution in [3.63, 3.8) is 0 Å². The third-order valence-electron chi connectivity index (χ3n) is 2.69. The second-order valence-electron chi connectivity index (χ2n) is 4.05. The SMILES string of the molecule is CC(CCNc1cccc(Br)c1C(N)=S)S(C)=O. The average Bonchev–Trinajstić information content (AvgIpc) is 2.28. The lowest BCUT2D eigenvalue weighted by atomic mass is 10.1. The fourth-order valence-electron chi connectivity index (χ4n) is 1.50. The molecule has 6 heteroatoms. The molecule has 2 unspecified atom stereocenters. The minimum absolute atomic E-state index is 0.179. The van der Waals surface area contributed by atoms with Crippen LogP contribution in [0.2, 0.25) is 0 Å². The normalized spacial score (nSPS) is 13.9. The number of nitrogens with one attached hydrogen (secondary N) is 1. The summed E-state index contributed by atoms with van der Waals surface area (Å²) in [6.07, 6.45) is 2.57. The van der Waals surface area contributed by atoms with E-state index in [0.717, 1.165) is 28.7 Å². The molecule has 0 radical (unpaired) electrons. The molecule has 0 amide bonds. The summed E-state index contributed by atoms with van der Waals surface area (Å²) in [6.45, 7) is 2.72. The Morgan fingerprint density at radius 3 is 2.83 bits per heavy atom. The number of nitrogens with two attached hydrogens (primary N) is 1. The van der Waals surface area contributed by atoms with E-state index >= 15 is 0 Å². The van der Waals surface area contributed by atoms with Crippen molar-refractivity contribution in [3.05, 3.63) is 28.2 Å². The number of hydrogen-bond donors (Lipinski definition) is 2. The van der Waals surface area contributed by atoms with Crippen LogP contribution in [0, 0.1) is 0 Å². The molecule has 1 aromatic rings. The van der Waals surface area contributed by atoms with Crippen molar-refractivity contribution >= 4 is 49.6 Å². The van der Waals surface area contributed by atoms with Gasteiger partial charge < -0.3 is 11.1 Å². The van der Waals surface area contributed by atoms with Crippen LogP contribution in [0.1, 0.15) is 18.9 Å². The zero-order valence-corrected chi connectivity index (χ0v) is 13.6. The molecule has 18 heavy (non-hydrogen) atoms. The predicted octanol–water partition coefficient (Wildman–Crippen LogP) is 2.65. The number of rotatable bonds is 6. The number of hydrogen-bond acceptors (Lipinski definition) is 3. The van der Waals surface area contributed by atoms with E-state index in [1.54, 1.807) is 6.26 Å². The van der Waals surface area contributed by atoms with Crippen molar-refractivity contribution in [3.8, 4) is 0 Å². The first-order valence-electron chi connectivity index (χ1n) is 5.58. The minimum atomic E-state index is -0.786. The van der Waals surface area contributed by atoms with E-state index in [-0.39, 0.29) is 5.25 Å². The molecule has 0 aromatic heterocycles. The number of halogens is 1. The molecule has 0 aliphatic heterocycles. The second kappa shape index (κ2) is 7.21. The molecule has 3 nitrogen and oxygen atoms in total. The van der Waals surface area contributed by atoms with E-state index in [4.69, 9.17) is 18.0 Å². The summed E-state index contributed by atoms with van der Waals surface area (Å²) in [5.74, 6) is 0. The van der Waals surface area contributed by atoms with Crippen LogP contribution < -0.4 is 11.1 Å². The third kappa shape index (κ3) is 4.33. The summed E-state index contributed by atoms with van der Waals surface area (Å²) in [5.41, 5.74) is 7.43. The van der Waals surface area contributed by atoms with Gasteiger partial charge in [-0.3, -0.25) is 4.21 Å². The first-order chi connectivity index (χ1) is 8.43. The Bertz CT molecular complexity index is 465. The smallest absolute Gasteiger partial charge is 0.107 e. The standard InChI is InChI=1S/C12H17BrN2OS2/c1-8(18(2)16)6-7-15-10-5-3-4-9(13)11(10)12(14)17/h3-5,8,15H,6-7H2,1-2H3,(H2,14,17). The second-order valence-corrected chi connectivity index (χ2v) is 7.15. The maximum Gasteiger partial charge on any atom is 0.107 e. The van der Waals surface area contributed by atoms with E-state index in [1.165, 1.54) is 0 Å². The molecule has 0 aliphatic carbocycles. The fraction of sp³-hybridized carbons (Fsp3) is 0.417. The number of thiocarbonyl (C=S) groups is 1. The van der Waals surface area contributed by atoms with Crippen molar-refractivity contribution in [2.75, 3.05) is 18.1 Å². The van der Waals surface area contributed by atoms with Crippen LogP contribution in [0.5, 0.6) is 0 Å². The van der Waals surface area contributed by atoms with Crippen LogP contribution in [0.25, 0.3) is 0 Å². The van der Waals surface area contributed by atoms with E-state index in [2.05, 4.69) is 21.2 Å². The Morgan fingerprint density at radius 1 is 1.61 bits per heavy atom. The lowest BCUT2D eigenvalue weighted by molar-refractivity contribution is 0.672. The van der Waals surface area contributed by atoms with Crippen molar-refractivity contribution in [1.82, 2.24) is 0 Å². The highest BCUT2D eigenvalue weighted by Gasteiger charge is 2.10. The molecule has 3 N–H and O–H groups in total. The Balaban J connectivity index is 2.71. The maximum atomic E-state index is 11.3. The van der Waals surface area contributed by atoms with Gasteiger partial charge in [0.25, 0.3) is 0 Å². The van der Waals surface area contributed by atoms with Gasteiger partial charge >= 0.3 is 0 Å². The van der Waals surface area contributed by atoms with E-state index < -0.39 is 10.8 Å². The highest BCUT2D eigenvalue weighted by Crippen LogP contribution is 2.24. The Morgan fingerprint density at radius 2 is 2.28 bits per heavy atom. The topological polar surface area (TPSA) is 55.1 Å². The molecule has 0 spiro atoms. The van der Waals surface area contributed by atoms with Crippen LogP contribution >= 0.6 is 28.1 Å². The first kappa shape index (κ1) is 15.6. The summed E-state index contributed by atoms with van der Waals surface area (Å²) in [6, 6.07) is 5.77. The lowest BCUT2D eigenvalue weighted by Gasteiger charge is -2.14. The lowest BCUT2D eigenvalue weighted by Crippen LogP contribution is -2.18. The maximum absolute atomic E-state index is 11.3. The van der Waals surface area contributed by atoms with Gasteiger partial charge in [0.05, 0.1) is 0 Å². The summed E-state index contributed by atoms with van der Waals surface area (Å²) >= 11 is 8.48. The highest BCUT2D eigenvalue weighted by molar-refractivity contribution is 9.10. The summed E-state index contributed by atoms with van der Waals surface area (Å²) in [7, 11) is -0.786. The fourth-order valence-corrected chi connectivity index (χ4v) is 2.88. The first-order valence-corrected chi connectivity index (χ1v) is 8.40. The molecule has 1 aromatic carbocycles. The van der Waals surface area contributed by atoms with Crippen LogP contribution in [0.15, 0.2) is 22.7 Å². The average molecular weight is 349 g/mol. The van der Waals surface area contributed by atoms with Gasteiger partial charge in [0.1, 0.15) is 4.99 Å². The van der Waals surface area contributed by atoms with E-state index in [0.29, 0.717) is 4.99 Å². The molecule has 2 atom stereocenters. The van der Waals surface area contributed by atoms with Crippen LogP contribution in [0.4, 0.5) is 5.69 Å². The van der Waals surface area contributed by atoms with Gasteiger partial charge in [0.2, 0.25) is 0 Å². The molecule has 0 saturated heterocycles. The molecule has 0 fully saturated rings. The number of benzene rings is 1. The zero-order chi connectivity index (χ0) is 13.7. The molecular weight excluding hydrogens is 332 g/mol. The molecule has 0 aliphatic rings. The van der Waals surface area contributed by atoms with Gasteiger partial charge in [0, 0.05) is 44.6 Å². The minimum Gasteiger partial charge on any atom is -0.389 e. The van der Waals surface area contributed by atoms with Gasteiger partial charge in [-0.25, -0.2) is 0 Å². The molecule has 100 valence electrons. The van der Waals surface area contributed by atoms with E-state index in [1.807, 2.05) is 25.1 Å². The van der Waals surface area contributed by atoms with Crippen molar-refractivity contribution in [2.24, 2.45) is 5.73 Å². The van der Waals surface area contributed by atoms with Gasteiger partial charge in [-0.1, -0.05) is 25.2 Å².